The summed E-state index contributed by atoms with van der Waals surface area (Å²) in [6.07, 6.45) is 1.69. The lowest BCUT2D eigenvalue weighted by Crippen LogP contribution is -2.44. The average molecular weight is 383 g/mol. The van der Waals surface area contributed by atoms with Gasteiger partial charge in [0.25, 0.3) is 0 Å². The van der Waals surface area contributed by atoms with Gasteiger partial charge < -0.3 is 25.2 Å². The van der Waals surface area contributed by atoms with E-state index in [-0.39, 0.29) is 12.0 Å². The van der Waals surface area contributed by atoms with Crippen LogP contribution in [0.25, 0.3) is 0 Å². The molecule has 1 aliphatic heterocycles. The molecule has 6 heteroatoms. The van der Waals surface area contributed by atoms with E-state index in [1.807, 2.05) is 48.5 Å². The summed E-state index contributed by atoms with van der Waals surface area (Å²) in [4.78, 5) is 4.31. The van der Waals surface area contributed by atoms with Crippen LogP contribution in [0, 0.1) is 5.41 Å². The SMILES string of the molecule is CN=C(NCc1cccc(Oc2ccccc2)c1)NCC1(CCO)CCOC1. The molecule has 0 aliphatic carbocycles. The van der Waals surface area contributed by atoms with Crippen LogP contribution in [0.4, 0.5) is 0 Å². The maximum absolute atomic E-state index is 9.36. The normalized spacial score (nSPS) is 19.4. The highest BCUT2D eigenvalue weighted by molar-refractivity contribution is 5.79. The Kier molecular flexibility index (Phi) is 7.28. The zero-order valence-corrected chi connectivity index (χ0v) is 16.4. The van der Waals surface area contributed by atoms with Crippen LogP contribution in [0.2, 0.25) is 0 Å². The fourth-order valence-electron chi connectivity index (χ4n) is 3.33. The minimum absolute atomic E-state index is 0.0180. The van der Waals surface area contributed by atoms with Gasteiger partial charge in [-0.05, 0) is 42.7 Å². The molecule has 0 amide bonds. The predicted octanol–water partition coefficient (Wildman–Crippen LogP) is 2.93. The van der Waals surface area contributed by atoms with E-state index in [9.17, 15) is 5.11 Å². The van der Waals surface area contributed by atoms with Gasteiger partial charge in [0, 0.05) is 38.8 Å². The summed E-state index contributed by atoms with van der Waals surface area (Å²) in [5.41, 5.74) is 1.08. The third-order valence-electron chi connectivity index (χ3n) is 5.02. The molecule has 1 saturated heterocycles. The third kappa shape index (κ3) is 5.71. The Balaban J connectivity index is 1.53. The summed E-state index contributed by atoms with van der Waals surface area (Å²) in [6, 6.07) is 17.7. The maximum Gasteiger partial charge on any atom is 0.191 e. The lowest BCUT2D eigenvalue weighted by molar-refractivity contribution is 0.127. The molecule has 0 radical (unpaired) electrons. The number of guanidine groups is 1. The van der Waals surface area contributed by atoms with Crippen molar-refractivity contribution in [2.75, 3.05) is 33.4 Å². The maximum atomic E-state index is 9.36. The minimum Gasteiger partial charge on any atom is -0.457 e. The molecule has 1 fully saturated rings. The number of rotatable bonds is 8. The molecular formula is C22H29N3O3. The first-order chi connectivity index (χ1) is 13.7. The van der Waals surface area contributed by atoms with Crippen LogP contribution in [-0.4, -0.2) is 44.5 Å². The summed E-state index contributed by atoms with van der Waals surface area (Å²) in [5.74, 6) is 2.36. The molecule has 2 aromatic rings. The van der Waals surface area contributed by atoms with Gasteiger partial charge in [-0.2, -0.15) is 0 Å². The van der Waals surface area contributed by atoms with E-state index in [0.717, 1.165) is 49.0 Å². The largest absolute Gasteiger partial charge is 0.457 e. The first kappa shape index (κ1) is 20.2. The fraction of sp³-hybridized carbons (Fsp3) is 0.409. The van der Waals surface area contributed by atoms with Crippen molar-refractivity contribution in [3.05, 3.63) is 60.2 Å². The van der Waals surface area contributed by atoms with Crippen molar-refractivity contribution in [1.82, 2.24) is 10.6 Å². The van der Waals surface area contributed by atoms with Gasteiger partial charge in [-0.1, -0.05) is 30.3 Å². The Hall–Kier alpha value is -2.57. The molecule has 0 aromatic heterocycles. The molecule has 0 saturated carbocycles. The van der Waals surface area contributed by atoms with Gasteiger partial charge >= 0.3 is 0 Å². The zero-order valence-electron chi connectivity index (χ0n) is 16.4. The molecule has 150 valence electrons. The molecule has 1 atom stereocenters. The number of ether oxygens (including phenoxy) is 2. The van der Waals surface area contributed by atoms with Crippen LogP contribution in [0.5, 0.6) is 11.5 Å². The van der Waals surface area contributed by atoms with Crippen LogP contribution < -0.4 is 15.4 Å². The summed E-state index contributed by atoms with van der Waals surface area (Å²) in [5, 5.41) is 16.1. The minimum atomic E-state index is -0.0180. The topological polar surface area (TPSA) is 75.1 Å². The molecule has 3 N–H and O–H groups in total. The van der Waals surface area contributed by atoms with Gasteiger partial charge in [0.2, 0.25) is 0 Å². The summed E-state index contributed by atoms with van der Waals surface area (Å²) < 4.78 is 11.4. The molecular weight excluding hydrogens is 354 g/mol. The molecule has 3 rings (SSSR count). The van der Waals surface area contributed by atoms with Gasteiger partial charge in [0.1, 0.15) is 11.5 Å². The number of para-hydroxylation sites is 1. The summed E-state index contributed by atoms with van der Waals surface area (Å²) in [6.45, 7) is 2.96. The van der Waals surface area contributed by atoms with Gasteiger partial charge in [-0.25, -0.2) is 0 Å². The molecule has 1 heterocycles. The van der Waals surface area contributed by atoms with Crippen LogP contribution >= 0.6 is 0 Å². The highest BCUT2D eigenvalue weighted by Gasteiger charge is 2.34. The highest BCUT2D eigenvalue weighted by Crippen LogP contribution is 2.31. The number of hydrogen-bond acceptors (Lipinski definition) is 4. The van der Waals surface area contributed by atoms with Crippen LogP contribution in [0.1, 0.15) is 18.4 Å². The van der Waals surface area contributed by atoms with Crippen molar-refractivity contribution in [2.24, 2.45) is 10.4 Å². The van der Waals surface area contributed by atoms with E-state index in [0.29, 0.717) is 13.2 Å². The quantitative estimate of drug-likeness (QED) is 0.483. The molecule has 6 nitrogen and oxygen atoms in total. The van der Waals surface area contributed by atoms with E-state index < -0.39 is 0 Å². The summed E-state index contributed by atoms with van der Waals surface area (Å²) >= 11 is 0. The van der Waals surface area contributed by atoms with Gasteiger partial charge in [0.15, 0.2) is 5.96 Å². The Morgan fingerprint density at radius 3 is 2.68 bits per heavy atom. The van der Waals surface area contributed by atoms with Crippen molar-refractivity contribution in [2.45, 2.75) is 19.4 Å². The van der Waals surface area contributed by atoms with E-state index in [1.54, 1.807) is 7.05 Å². The number of nitrogens with zero attached hydrogens (tertiary/aromatic N) is 1. The van der Waals surface area contributed by atoms with Crippen molar-refractivity contribution < 1.29 is 14.6 Å². The molecule has 28 heavy (non-hydrogen) atoms. The lowest BCUT2D eigenvalue weighted by Gasteiger charge is -2.27. The number of hydrogen-bond donors (Lipinski definition) is 3. The molecule has 1 unspecified atom stereocenters. The fourth-order valence-corrected chi connectivity index (χ4v) is 3.33. The van der Waals surface area contributed by atoms with Gasteiger partial charge in [-0.15, -0.1) is 0 Å². The smallest absolute Gasteiger partial charge is 0.191 e. The molecule has 0 spiro atoms. The van der Waals surface area contributed by atoms with Crippen molar-refractivity contribution >= 4 is 5.96 Å². The van der Waals surface area contributed by atoms with Gasteiger partial charge in [-0.3, -0.25) is 4.99 Å². The van der Waals surface area contributed by atoms with Crippen LogP contribution in [0.3, 0.4) is 0 Å². The van der Waals surface area contributed by atoms with Crippen molar-refractivity contribution in [3.8, 4) is 11.5 Å². The third-order valence-corrected chi connectivity index (χ3v) is 5.02. The lowest BCUT2D eigenvalue weighted by atomic mass is 9.84. The standard InChI is InChI=1S/C22H29N3O3/c1-23-21(25-16-22(10-12-26)11-13-27-17-22)24-15-18-6-5-9-20(14-18)28-19-7-3-2-4-8-19/h2-9,14,26H,10-13,15-17H2,1H3,(H2,23,24,25). The molecule has 0 bridgehead atoms. The average Bonchev–Trinajstić information content (AvgIpc) is 3.18. The summed E-state index contributed by atoms with van der Waals surface area (Å²) in [7, 11) is 1.76. The van der Waals surface area contributed by atoms with E-state index in [1.165, 1.54) is 0 Å². The predicted molar refractivity (Wildman–Crippen MR) is 111 cm³/mol. The zero-order chi connectivity index (χ0) is 19.7. The number of nitrogens with one attached hydrogen (secondary N) is 2. The van der Waals surface area contributed by atoms with E-state index in [4.69, 9.17) is 9.47 Å². The number of aliphatic hydroxyl groups excluding tert-OH is 1. The number of aliphatic hydroxyl groups is 1. The Morgan fingerprint density at radius 2 is 1.96 bits per heavy atom. The van der Waals surface area contributed by atoms with E-state index in [2.05, 4.69) is 21.7 Å². The Labute approximate surface area is 166 Å². The van der Waals surface area contributed by atoms with Gasteiger partial charge in [0.05, 0.1) is 6.61 Å². The van der Waals surface area contributed by atoms with Crippen molar-refractivity contribution in [1.29, 1.82) is 0 Å². The number of benzene rings is 2. The second-order valence-electron chi connectivity index (χ2n) is 7.12. The number of aliphatic imine (C=N–C) groups is 1. The first-order valence-electron chi connectivity index (χ1n) is 9.68. The second-order valence-corrected chi connectivity index (χ2v) is 7.12. The first-order valence-corrected chi connectivity index (χ1v) is 9.68. The Morgan fingerprint density at radius 1 is 1.14 bits per heavy atom. The highest BCUT2D eigenvalue weighted by atomic mass is 16.5. The van der Waals surface area contributed by atoms with Crippen molar-refractivity contribution in [3.63, 3.8) is 0 Å². The van der Waals surface area contributed by atoms with Crippen LogP contribution in [-0.2, 0) is 11.3 Å². The second kappa shape index (κ2) is 10.1. The van der Waals surface area contributed by atoms with E-state index >= 15 is 0 Å². The molecule has 1 aliphatic rings. The Bertz CT molecular complexity index is 759. The monoisotopic (exact) mass is 383 g/mol. The van der Waals surface area contributed by atoms with Crippen LogP contribution in [0.15, 0.2) is 59.6 Å². The molecule has 2 aromatic carbocycles.